The van der Waals surface area contributed by atoms with Crippen molar-refractivity contribution >= 4 is 11.9 Å². The molecule has 0 unspecified atom stereocenters. The molecule has 2 aromatic carbocycles. The SMILES string of the molecule is N#Cc1ccc(CNC(=O)NNC(=O)c2ccccc2)cc1. The number of hydrazine groups is 1. The third-order valence-electron chi connectivity index (χ3n) is 2.86. The Balaban J connectivity index is 1.76. The van der Waals surface area contributed by atoms with Crippen LogP contribution in [0.25, 0.3) is 0 Å². The molecule has 0 spiro atoms. The molecule has 0 aliphatic heterocycles. The summed E-state index contributed by atoms with van der Waals surface area (Å²) in [5.41, 5.74) is 6.44. The first kappa shape index (κ1) is 15.1. The maximum absolute atomic E-state index is 11.7. The maximum Gasteiger partial charge on any atom is 0.333 e. The molecule has 0 bridgehead atoms. The minimum atomic E-state index is -0.520. The van der Waals surface area contributed by atoms with Gasteiger partial charge in [-0.3, -0.25) is 10.2 Å². The first-order valence-electron chi connectivity index (χ1n) is 6.57. The summed E-state index contributed by atoms with van der Waals surface area (Å²) in [7, 11) is 0. The Morgan fingerprint density at radius 2 is 1.64 bits per heavy atom. The number of hydrogen-bond donors (Lipinski definition) is 3. The zero-order valence-electron chi connectivity index (χ0n) is 11.7. The number of hydrogen-bond acceptors (Lipinski definition) is 3. The predicted octanol–water partition coefficient (Wildman–Crippen LogP) is 1.70. The molecule has 0 saturated heterocycles. The highest BCUT2D eigenvalue weighted by atomic mass is 16.2. The van der Waals surface area contributed by atoms with Crippen molar-refractivity contribution in [1.29, 1.82) is 5.26 Å². The van der Waals surface area contributed by atoms with Gasteiger partial charge in [-0.25, -0.2) is 10.2 Å². The smallest absolute Gasteiger partial charge is 0.333 e. The van der Waals surface area contributed by atoms with Gasteiger partial charge in [-0.1, -0.05) is 30.3 Å². The van der Waals surface area contributed by atoms with Gasteiger partial charge < -0.3 is 5.32 Å². The molecular weight excluding hydrogens is 280 g/mol. The van der Waals surface area contributed by atoms with Crippen molar-refractivity contribution in [1.82, 2.24) is 16.2 Å². The van der Waals surface area contributed by atoms with Gasteiger partial charge in [0, 0.05) is 12.1 Å². The van der Waals surface area contributed by atoms with Crippen LogP contribution in [0.15, 0.2) is 54.6 Å². The Kier molecular flexibility index (Phi) is 5.10. The van der Waals surface area contributed by atoms with E-state index in [2.05, 4.69) is 16.2 Å². The van der Waals surface area contributed by atoms with Gasteiger partial charge in [0.25, 0.3) is 5.91 Å². The lowest BCUT2D eigenvalue weighted by atomic mass is 10.1. The summed E-state index contributed by atoms with van der Waals surface area (Å²) >= 11 is 0. The van der Waals surface area contributed by atoms with Crippen molar-refractivity contribution in [2.75, 3.05) is 0 Å². The van der Waals surface area contributed by atoms with Gasteiger partial charge in [-0.15, -0.1) is 0 Å². The quantitative estimate of drug-likeness (QED) is 0.752. The Morgan fingerprint density at radius 1 is 0.955 bits per heavy atom. The van der Waals surface area contributed by atoms with E-state index in [-0.39, 0.29) is 0 Å². The number of amides is 3. The number of benzene rings is 2. The topological polar surface area (TPSA) is 94.0 Å². The fraction of sp³-hybridized carbons (Fsp3) is 0.0625. The molecule has 0 aromatic heterocycles. The van der Waals surface area contributed by atoms with Crippen LogP contribution in [0.1, 0.15) is 21.5 Å². The summed E-state index contributed by atoms with van der Waals surface area (Å²) in [6, 6.07) is 16.9. The molecule has 6 nitrogen and oxygen atoms in total. The van der Waals surface area contributed by atoms with E-state index in [9.17, 15) is 9.59 Å². The average molecular weight is 294 g/mol. The van der Waals surface area contributed by atoms with Crippen LogP contribution >= 0.6 is 0 Å². The lowest BCUT2D eigenvalue weighted by molar-refractivity contribution is 0.0936. The summed E-state index contributed by atoms with van der Waals surface area (Å²) in [5, 5.41) is 11.3. The van der Waals surface area contributed by atoms with Crippen molar-refractivity contribution in [2.24, 2.45) is 0 Å². The summed E-state index contributed by atoms with van der Waals surface area (Å²) in [4.78, 5) is 23.3. The zero-order chi connectivity index (χ0) is 15.8. The fourth-order valence-electron chi connectivity index (χ4n) is 1.70. The Labute approximate surface area is 127 Å². The van der Waals surface area contributed by atoms with Crippen LogP contribution in [0.2, 0.25) is 0 Å². The molecule has 6 heteroatoms. The van der Waals surface area contributed by atoms with E-state index in [1.807, 2.05) is 6.07 Å². The van der Waals surface area contributed by atoms with Crippen LogP contribution in [0, 0.1) is 11.3 Å². The van der Waals surface area contributed by atoms with Gasteiger partial charge in [0.05, 0.1) is 11.6 Å². The number of nitrogens with one attached hydrogen (secondary N) is 3. The van der Waals surface area contributed by atoms with E-state index < -0.39 is 11.9 Å². The number of nitriles is 1. The number of nitrogens with zero attached hydrogens (tertiary/aromatic N) is 1. The molecular formula is C16H14N4O2. The molecule has 3 amide bonds. The first-order valence-corrected chi connectivity index (χ1v) is 6.57. The van der Waals surface area contributed by atoms with E-state index in [0.717, 1.165) is 5.56 Å². The zero-order valence-corrected chi connectivity index (χ0v) is 11.7. The normalized spacial score (nSPS) is 9.41. The molecule has 2 aromatic rings. The van der Waals surface area contributed by atoms with E-state index in [0.29, 0.717) is 17.7 Å². The monoisotopic (exact) mass is 294 g/mol. The molecule has 0 aliphatic carbocycles. The second kappa shape index (κ2) is 7.45. The molecule has 2 rings (SSSR count). The first-order chi connectivity index (χ1) is 10.7. The maximum atomic E-state index is 11.7. The highest BCUT2D eigenvalue weighted by Crippen LogP contribution is 2.02. The van der Waals surface area contributed by atoms with Gasteiger partial charge in [0.1, 0.15) is 0 Å². The van der Waals surface area contributed by atoms with Gasteiger partial charge >= 0.3 is 6.03 Å². The van der Waals surface area contributed by atoms with E-state index in [1.54, 1.807) is 54.6 Å². The standard InChI is InChI=1S/C16H14N4O2/c17-10-12-6-8-13(9-7-12)11-18-16(22)20-19-15(21)14-4-2-1-3-5-14/h1-9H,11H2,(H,19,21)(H2,18,20,22). The highest BCUT2D eigenvalue weighted by Gasteiger charge is 2.06. The number of carbonyl (C=O) groups is 2. The van der Waals surface area contributed by atoms with Gasteiger partial charge in [0.15, 0.2) is 0 Å². The van der Waals surface area contributed by atoms with E-state index in [4.69, 9.17) is 5.26 Å². The summed E-state index contributed by atoms with van der Waals surface area (Å²) in [6.07, 6.45) is 0. The highest BCUT2D eigenvalue weighted by molar-refractivity contribution is 5.95. The molecule has 3 N–H and O–H groups in total. The molecule has 0 saturated carbocycles. The van der Waals surface area contributed by atoms with Crippen LogP contribution in [0.4, 0.5) is 4.79 Å². The van der Waals surface area contributed by atoms with Crippen LogP contribution in [-0.4, -0.2) is 11.9 Å². The molecule has 22 heavy (non-hydrogen) atoms. The minimum Gasteiger partial charge on any atom is -0.333 e. The lowest BCUT2D eigenvalue weighted by Crippen LogP contribution is -2.46. The van der Waals surface area contributed by atoms with Gasteiger partial charge in [-0.05, 0) is 29.8 Å². The lowest BCUT2D eigenvalue weighted by Gasteiger charge is -2.09. The average Bonchev–Trinajstić information content (AvgIpc) is 2.59. The molecule has 0 radical (unpaired) electrons. The Morgan fingerprint density at radius 3 is 2.27 bits per heavy atom. The summed E-state index contributed by atoms with van der Waals surface area (Å²) < 4.78 is 0. The largest absolute Gasteiger partial charge is 0.333 e. The van der Waals surface area contributed by atoms with Crippen LogP contribution < -0.4 is 16.2 Å². The Hall–Kier alpha value is -3.33. The number of rotatable bonds is 3. The van der Waals surface area contributed by atoms with Crippen molar-refractivity contribution in [2.45, 2.75) is 6.54 Å². The third-order valence-corrected chi connectivity index (χ3v) is 2.86. The third kappa shape index (κ3) is 4.35. The summed E-state index contributed by atoms with van der Waals surface area (Å²) in [5.74, 6) is -0.394. The molecule has 110 valence electrons. The van der Waals surface area contributed by atoms with Crippen molar-refractivity contribution < 1.29 is 9.59 Å². The summed E-state index contributed by atoms with van der Waals surface area (Å²) in [6.45, 7) is 0.290. The molecule has 0 heterocycles. The van der Waals surface area contributed by atoms with Crippen molar-refractivity contribution in [3.8, 4) is 6.07 Å². The second-order valence-electron chi connectivity index (χ2n) is 4.44. The second-order valence-corrected chi connectivity index (χ2v) is 4.44. The predicted molar refractivity (Wildman–Crippen MR) is 80.4 cm³/mol. The van der Waals surface area contributed by atoms with Crippen molar-refractivity contribution in [3.63, 3.8) is 0 Å². The number of urea groups is 1. The van der Waals surface area contributed by atoms with E-state index >= 15 is 0 Å². The molecule has 0 atom stereocenters. The van der Waals surface area contributed by atoms with Crippen LogP contribution in [0.3, 0.4) is 0 Å². The number of carbonyl (C=O) groups excluding carboxylic acids is 2. The molecule has 0 fully saturated rings. The van der Waals surface area contributed by atoms with Crippen molar-refractivity contribution in [3.05, 3.63) is 71.3 Å². The Bertz CT molecular complexity index is 690. The van der Waals surface area contributed by atoms with Gasteiger partial charge in [-0.2, -0.15) is 5.26 Å². The van der Waals surface area contributed by atoms with Crippen LogP contribution in [0.5, 0.6) is 0 Å². The van der Waals surface area contributed by atoms with E-state index in [1.165, 1.54) is 0 Å². The van der Waals surface area contributed by atoms with Gasteiger partial charge in [0.2, 0.25) is 0 Å². The minimum absolute atomic E-state index is 0.290. The molecule has 0 aliphatic rings. The fourth-order valence-corrected chi connectivity index (χ4v) is 1.70. The van der Waals surface area contributed by atoms with Crippen LogP contribution in [-0.2, 0) is 6.54 Å².